The molecule has 0 aliphatic heterocycles. The molecule has 0 radical (unpaired) electrons. The van der Waals surface area contributed by atoms with Gasteiger partial charge in [-0.15, -0.1) is 0 Å². The molecular formula is C13H15FN2O. The Kier molecular flexibility index (Phi) is 3.24. The monoisotopic (exact) mass is 234 g/mol. The van der Waals surface area contributed by atoms with Gasteiger partial charge in [-0.2, -0.15) is 5.10 Å². The Bertz CT molecular complexity index is 522. The van der Waals surface area contributed by atoms with Crippen LogP contribution >= 0.6 is 0 Å². The number of rotatable bonds is 3. The molecular weight excluding hydrogens is 219 g/mol. The lowest BCUT2D eigenvalue weighted by Gasteiger charge is -2.13. The maximum atomic E-state index is 13.1. The van der Waals surface area contributed by atoms with Gasteiger partial charge in [-0.1, -0.05) is 6.07 Å². The van der Waals surface area contributed by atoms with Crippen molar-refractivity contribution < 1.29 is 9.50 Å². The second-order valence-corrected chi connectivity index (χ2v) is 4.17. The smallest absolute Gasteiger partial charge is 0.123 e. The van der Waals surface area contributed by atoms with Crippen LogP contribution in [-0.4, -0.2) is 14.9 Å². The largest absolute Gasteiger partial charge is 0.386 e. The molecule has 0 fully saturated rings. The molecule has 0 aliphatic rings. The van der Waals surface area contributed by atoms with Gasteiger partial charge in [-0.25, -0.2) is 4.39 Å². The van der Waals surface area contributed by atoms with Gasteiger partial charge in [0, 0.05) is 19.7 Å². The van der Waals surface area contributed by atoms with Crippen LogP contribution in [0.2, 0.25) is 0 Å². The predicted octanol–water partition coefficient (Wildman–Crippen LogP) is 2.14. The Morgan fingerprint density at radius 1 is 1.41 bits per heavy atom. The fraction of sp³-hybridized carbons (Fsp3) is 0.308. The van der Waals surface area contributed by atoms with Crippen LogP contribution < -0.4 is 0 Å². The van der Waals surface area contributed by atoms with E-state index in [1.54, 1.807) is 30.1 Å². The molecule has 17 heavy (non-hydrogen) atoms. The molecule has 2 rings (SSSR count). The molecule has 1 aromatic heterocycles. The average Bonchev–Trinajstić information content (AvgIpc) is 2.70. The Hall–Kier alpha value is -1.68. The van der Waals surface area contributed by atoms with Crippen molar-refractivity contribution in [3.63, 3.8) is 0 Å². The average molecular weight is 234 g/mol. The summed E-state index contributed by atoms with van der Waals surface area (Å²) >= 11 is 0. The third-order valence-electron chi connectivity index (χ3n) is 2.92. The quantitative estimate of drug-likeness (QED) is 0.883. The molecule has 1 N–H and O–H groups in total. The maximum absolute atomic E-state index is 13.1. The van der Waals surface area contributed by atoms with Crippen molar-refractivity contribution in [3.05, 3.63) is 53.1 Å². The fourth-order valence-electron chi connectivity index (χ4n) is 1.88. The summed E-state index contributed by atoms with van der Waals surface area (Å²) in [5.41, 5.74) is 2.53. The minimum Gasteiger partial charge on any atom is -0.386 e. The molecule has 90 valence electrons. The Morgan fingerprint density at radius 3 is 2.82 bits per heavy atom. The number of hydrogen-bond acceptors (Lipinski definition) is 2. The SMILES string of the molecule is Cc1ccc(F)cc1CC(O)c1ccnn1C. The van der Waals surface area contributed by atoms with Crippen molar-refractivity contribution in [1.82, 2.24) is 9.78 Å². The zero-order valence-corrected chi connectivity index (χ0v) is 9.89. The van der Waals surface area contributed by atoms with Crippen LogP contribution in [0.15, 0.2) is 30.5 Å². The van der Waals surface area contributed by atoms with Gasteiger partial charge in [0.15, 0.2) is 0 Å². The number of nitrogens with zero attached hydrogens (tertiary/aromatic N) is 2. The summed E-state index contributed by atoms with van der Waals surface area (Å²) in [7, 11) is 1.77. The van der Waals surface area contributed by atoms with Crippen LogP contribution in [0.3, 0.4) is 0 Å². The molecule has 0 saturated heterocycles. The third-order valence-corrected chi connectivity index (χ3v) is 2.92. The minimum absolute atomic E-state index is 0.275. The van der Waals surface area contributed by atoms with Gasteiger partial charge in [0.05, 0.1) is 11.8 Å². The summed E-state index contributed by atoms with van der Waals surface area (Å²) in [6.07, 6.45) is 1.36. The Morgan fingerprint density at radius 2 is 2.18 bits per heavy atom. The van der Waals surface area contributed by atoms with Crippen molar-refractivity contribution >= 4 is 0 Å². The van der Waals surface area contributed by atoms with Crippen molar-refractivity contribution in [1.29, 1.82) is 0 Å². The molecule has 3 nitrogen and oxygen atoms in total. The zero-order valence-electron chi connectivity index (χ0n) is 9.89. The van der Waals surface area contributed by atoms with Crippen molar-refractivity contribution in [2.24, 2.45) is 7.05 Å². The molecule has 1 unspecified atom stereocenters. The zero-order chi connectivity index (χ0) is 12.4. The number of aliphatic hydroxyl groups is 1. The molecule has 0 amide bonds. The van der Waals surface area contributed by atoms with Gasteiger partial charge in [0.25, 0.3) is 0 Å². The van der Waals surface area contributed by atoms with Gasteiger partial charge < -0.3 is 5.11 Å². The summed E-state index contributed by atoms with van der Waals surface area (Å²) in [5.74, 6) is -0.275. The van der Waals surface area contributed by atoms with E-state index in [4.69, 9.17) is 0 Å². The minimum atomic E-state index is -0.664. The van der Waals surface area contributed by atoms with Crippen LogP contribution in [0.1, 0.15) is 22.9 Å². The van der Waals surface area contributed by atoms with E-state index in [0.29, 0.717) is 6.42 Å². The summed E-state index contributed by atoms with van der Waals surface area (Å²) < 4.78 is 14.7. The first kappa shape index (κ1) is 11.8. The number of aromatic nitrogens is 2. The normalized spacial score (nSPS) is 12.7. The van der Waals surface area contributed by atoms with Crippen LogP contribution in [0.25, 0.3) is 0 Å². The van der Waals surface area contributed by atoms with E-state index in [9.17, 15) is 9.50 Å². The molecule has 1 atom stereocenters. The van der Waals surface area contributed by atoms with E-state index in [2.05, 4.69) is 5.10 Å². The highest BCUT2D eigenvalue weighted by Gasteiger charge is 2.13. The first-order valence-electron chi connectivity index (χ1n) is 5.49. The standard InChI is InChI=1S/C13H15FN2O/c1-9-3-4-11(14)7-10(9)8-13(17)12-5-6-15-16(12)2/h3-7,13,17H,8H2,1-2H3. The highest BCUT2D eigenvalue weighted by atomic mass is 19.1. The Labute approximate surface area is 99.5 Å². The number of halogens is 1. The van der Waals surface area contributed by atoms with E-state index in [-0.39, 0.29) is 5.82 Å². The molecule has 0 bridgehead atoms. The van der Waals surface area contributed by atoms with Crippen LogP contribution in [0.4, 0.5) is 4.39 Å². The molecule has 0 saturated carbocycles. The van der Waals surface area contributed by atoms with Crippen LogP contribution in [-0.2, 0) is 13.5 Å². The van der Waals surface area contributed by atoms with E-state index in [0.717, 1.165) is 16.8 Å². The predicted molar refractivity (Wildman–Crippen MR) is 63.0 cm³/mol. The van der Waals surface area contributed by atoms with Gasteiger partial charge >= 0.3 is 0 Å². The lowest BCUT2D eigenvalue weighted by atomic mass is 10.0. The molecule has 0 spiro atoms. The van der Waals surface area contributed by atoms with E-state index in [1.165, 1.54) is 12.1 Å². The summed E-state index contributed by atoms with van der Waals surface area (Å²) in [6, 6.07) is 6.38. The van der Waals surface area contributed by atoms with Gasteiger partial charge in [-0.05, 0) is 36.2 Å². The first-order valence-corrected chi connectivity index (χ1v) is 5.49. The van der Waals surface area contributed by atoms with Gasteiger partial charge in [-0.3, -0.25) is 4.68 Å². The topological polar surface area (TPSA) is 38.1 Å². The van der Waals surface area contributed by atoms with E-state index >= 15 is 0 Å². The maximum Gasteiger partial charge on any atom is 0.123 e. The Balaban J connectivity index is 2.21. The van der Waals surface area contributed by atoms with E-state index in [1.807, 2.05) is 6.92 Å². The van der Waals surface area contributed by atoms with Crippen molar-refractivity contribution in [2.75, 3.05) is 0 Å². The van der Waals surface area contributed by atoms with E-state index < -0.39 is 6.10 Å². The molecule has 4 heteroatoms. The first-order chi connectivity index (χ1) is 8.08. The summed E-state index contributed by atoms with van der Waals surface area (Å²) in [5, 5.41) is 14.1. The fourth-order valence-corrected chi connectivity index (χ4v) is 1.88. The van der Waals surface area contributed by atoms with Crippen molar-refractivity contribution in [2.45, 2.75) is 19.4 Å². The molecule has 0 aliphatic carbocycles. The second kappa shape index (κ2) is 4.67. The lowest BCUT2D eigenvalue weighted by molar-refractivity contribution is 0.168. The lowest BCUT2D eigenvalue weighted by Crippen LogP contribution is -2.08. The number of aryl methyl sites for hydroxylation is 2. The number of hydrogen-bond donors (Lipinski definition) is 1. The van der Waals surface area contributed by atoms with Crippen molar-refractivity contribution in [3.8, 4) is 0 Å². The number of aliphatic hydroxyl groups excluding tert-OH is 1. The highest BCUT2D eigenvalue weighted by Crippen LogP contribution is 2.20. The summed E-state index contributed by atoms with van der Waals surface area (Å²) in [6.45, 7) is 1.91. The second-order valence-electron chi connectivity index (χ2n) is 4.17. The molecule has 1 heterocycles. The third kappa shape index (κ3) is 2.53. The molecule has 2 aromatic rings. The van der Waals surface area contributed by atoms with Gasteiger partial charge in [0.2, 0.25) is 0 Å². The summed E-state index contributed by atoms with van der Waals surface area (Å²) in [4.78, 5) is 0. The van der Waals surface area contributed by atoms with Crippen LogP contribution in [0, 0.1) is 12.7 Å². The highest BCUT2D eigenvalue weighted by molar-refractivity contribution is 5.28. The molecule has 1 aromatic carbocycles. The van der Waals surface area contributed by atoms with Gasteiger partial charge in [0.1, 0.15) is 5.82 Å². The number of benzene rings is 1. The van der Waals surface area contributed by atoms with Crippen LogP contribution in [0.5, 0.6) is 0 Å².